The summed E-state index contributed by atoms with van der Waals surface area (Å²) in [5.74, 6) is 0.125. The molecule has 0 N–H and O–H groups in total. The Morgan fingerprint density at radius 3 is 3.05 bits per heavy atom. The number of aromatic nitrogens is 1. The Bertz CT molecular complexity index is 687. The standard InChI is InChI=1S/C19H22N2O/c1-2-17-10-3-4-14-21(17)18(22)12-11-16-8-5-7-15-9-6-13-20-19(15)16/h5-9,11-13,17H,2-4,10,14H2,1H3/b12-11+. The summed E-state index contributed by atoms with van der Waals surface area (Å²) in [5.41, 5.74) is 1.94. The molecule has 1 saturated heterocycles. The predicted molar refractivity (Wildman–Crippen MR) is 90.4 cm³/mol. The van der Waals surface area contributed by atoms with Crippen molar-refractivity contribution >= 4 is 22.9 Å². The summed E-state index contributed by atoms with van der Waals surface area (Å²) in [7, 11) is 0. The molecule has 0 spiro atoms. The van der Waals surface area contributed by atoms with Crippen LogP contribution in [-0.2, 0) is 4.79 Å². The Labute approximate surface area is 131 Å². The van der Waals surface area contributed by atoms with Crippen LogP contribution in [0.3, 0.4) is 0 Å². The summed E-state index contributed by atoms with van der Waals surface area (Å²) in [5, 5.41) is 1.10. The van der Waals surface area contributed by atoms with E-state index in [1.807, 2.05) is 41.3 Å². The molecule has 1 amide bonds. The van der Waals surface area contributed by atoms with Gasteiger partial charge >= 0.3 is 0 Å². The molecular weight excluding hydrogens is 272 g/mol. The van der Waals surface area contributed by atoms with Crippen LogP contribution in [0.5, 0.6) is 0 Å². The van der Waals surface area contributed by atoms with E-state index >= 15 is 0 Å². The van der Waals surface area contributed by atoms with Crippen LogP contribution in [-0.4, -0.2) is 28.4 Å². The van der Waals surface area contributed by atoms with Gasteiger partial charge in [0.25, 0.3) is 0 Å². The van der Waals surface area contributed by atoms with Gasteiger partial charge in [0.15, 0.2) is 0 Å². The minimum absolute atomic E-state index is 0.125. The van der Waals surface area contributed by atoms with Gasteiger partial charge in [-0.05, 0) is 37.8 Å². The first kappa shape index (κ1) is 14.8. The number of likely N-dealkylation sites (tertiary alicyclic amines) is 1. The summed E-state index contributed by atoms with van der Waals surface area (Å²) in [6.07, 6.45) is 9.92. The van der Waals surface area contributed by atoms with Crippen molar-refractivity contribution < 1.29 is 4.79 Å². The van der Waals surface area contributed by atoms with E-state index in [1.165, 1.54) is 6.42 Å². The van der Waals surface area contributed by atoms with Crippen LogP contribution in [0.25, 0.3) is 17.0 Å². The van der Waals surface area contributed by atoms with Gasteiger partial charge in [-0.1, -0.05) is 31.2 Å². The Hall–Kier alpha value is -2.16. The van der Waals surface area contributed by atoms with Crippen molar-refractivity contribution in [1.82, 2.24) is 9.88 Å². The number of para-hydroxylation sites is 1. The highest BCUT2D eigenvalue weighted by Crippen LogP contribution is 2.21. The molecule has 22 heavy (non-hydrogen) atoms. The molecule has 114 valence electrons. The second-order valence-corrected chi connectivity index (χ2v) is 5.85. The summed E-state index contributed by atoms with van der Waals surface area (Å²) in [6.45, 7) is 3.05. The van der Waals surface area contributed by atoms with Crippen molar-refractivity contribution in [3.05, 3.63) is 48.2 Å². The monoisotopic (exact) mass is 294 g/mol. The lowest BCUT2D eigenvalue weighted by Crippen LogP contribution is -2.42. The highest BCUT2D eigenvalue weighted by molar-refractivity contribution is 5.95. The van der Waals surface area contributed by atoms with Crippen LogP contribution in [0.15, 0.2) is 42.6 Å². The molecule has 1 aliphatic heterocycles. The third-order valence-electron chi connectivity index (χ3n) is 4.45. The van der Waals surface area contributed by atoms with Crippen molar-refractivity contribution in [1.29, 1.82) is 0 Å². The lowest BCUT2D eigenvalue weighted by molar-refractivity contribution is -0.129. The number of benzene rings is 1. The molecule has 3 heteroatoms. The number of piperidine rings is 1. The van der Waals surface area contributed by atoms with E-state index in [0.29, 0.717) is 6.04 Å². The molecule has 1 aliphatic rings. The molecule has 0 radical (unpaired) electrons. The number of pyridine rings is 1. The summed E-state index contributed by atoms with van der Waals surface area (Å²) in [6, 6.07) is 10.4. The first-order valence-electron chi connectivity index (χ1n) is 8.12. The summed E-state index contributed by atoms with van der Waals surface area (Å²) < 4.78 is 0. The molecule has 0 aliphatic carbocycles. The molecular formula is C19H22N2O. The molecule has 1 aromatic carbocycles. The van der Waals surface area contributed by atoms with Gasteiger partial charge in [-0.2, -0.15) is 0 Å². The number of hydrogen-bond acceptors (Lipinski definition) is 2. The fourth-order valence-corrected chi connectivity index (χ4v) is 3.23. The van der Waals surface area contributed by atoms with Crippen LogP contribution in [0.2, 0.25) is 0 Å². The van der Waals surface area contributed by atoms with Gasteiger partial charge < -0.3 is 4.90 Å². The molecule has 1 aromatic heterocycles. The third-order valence-corrected chi connectivity index (χ3v) is 4.45. The van der Waals surface area contributed by atoms with Crippen LogP contribution >= 0.6 is 0 Å². The largest absolute Gasteiger partial charge is 0.336 e. The maximum absolute atomic E-state index is 12.5. The van der Waals surface area contributed by atoms with E-state index in [0.717, 1.165) is 42.3 Å². The minimum atomic E-state index is 0.125. The molecule has 3 nitrogen and oxygen atoms in total. The fraction of sp³-hybridized carbons (Fsp3) is 0.368. The Kier molecular flexibility index (Phi) is 4.52. The normalized spacial score (nSPS) is 19.0. The number of hydrogen-bond donors (Lipinski definition) is 0. The van der Waals surface area contributed by atoms with Gasteiger partial charge in [0.2, 0.25) is 5.91 Å². The van der Waals surface area contributed by atoms with E-state index in [1.54, 1.807) is 12.3 Å². The van der Waals surface area contributed by atoms with Gasteiger partial charge in [0.05, 0.1) is 5.52 Å². The van der Waals surface area contributed by atoms with Crippen LogP contribution in [0.1, 0.15) is 38.2 Å². The summed E-state index contributed by atoms with van der Waals surface area (Å²) >= 11 is 0. The average molecular weight is 294 g/mol. The first-order chi connectivity index (χ1) is 10.8. The van der Waals surface area contributed by atoms with Gasteiger partial charge in [-0.3, -0.25) is 9.78 Å². The van der Waals surface area contributed by atoms with Crippen LogP contribution < -0.4 is 0 Å². The van der Waals surface area contributed by atoms with E-state index in [4.69, 9.17) is 0 Å². The Balaban J connectivity index is 1.81. The van der Waals surface area contributed by atoms with Crippen molar-refractivity contribution in [2.45, 2.75) is 38.6 Å². The molecule has 2 aromatic rings. The molecule has 1 unspecified atom stereocenters. The van der Waals surface area contributed by atoms with E-state index in [-0.39, 0.29) is 5.91 Å². The summed E-state index contributed by atoms with van der Waals surface area (Å²) in [4.78, 5) is 18.9. The van der Waals surface area contributed by atoms with E-state index < -0.39 is 0 Å². The van der Waals surface area contributed by atoms with Crippen molar-refractivity contribution in [3.63, 3.8) is 0 Å². The van der Waals surface area contributed by atoms with Gasteiger partial charge in [0.1, 0.15) is 0 Å². The molecule has 1 atom stereocenters. The maximum atomic E-state index is 12.5. The smallest absolute Gasteiger partial charge is 0.246 e. The number of carbonyl (C=O) groups excluding carboxylic acids is 1. The topological polar surface area (TPSA) is 33.2 Å². The minimum Gasteiger partial charge on any atom is -0.336 e. The number of fused-ring (bicyclic) bond motifs is 1. The Morgan fingerprint density at radius 2 is 2.18 bits per heavy atom. The zero-order valence-corrected chi connectivity index (χ0v) is 13.0. The predicted octanol–water partition coefficient (Wildman–Crippen LogP) is 4.04. The van der Waals surface area contributed by atoms with Crippen LogP contribution in [0, 0.1) is 0 Å². The zero-order chi connectivity index (χ0) is 15.4. The molecule has 2 heterocycles. The zero-order valence-electron chi connectivity index (χ0n) is 13.0. The molecule has 0 saturated carbocycles. The number of rotatable bonds is 3. The van der Waals surface area contributed by atoms with E-state index in [9.17, 15) is 4.79 Å². The van der Waals surface area contributed by atoms with E-state index in [2.05, 4.69) is 11.9 Å². The second-order valence-electron chi connectivity index (χ2n) is 5.85. The average Bonchev–Trinajstić information content (AvgIpc) is 2.59. The Morgan fingerprint density at radius 1 is 1.32 bits per heavy atom. The van der Waals surface area contributed by atoms with Crippen molar-refractivity contribution in [2.24, 2.45) is 0 Å². The highest BCUT2D eigenvalue weighted by atomic mass is 16.2. The lowest BCUT2D eigenvalue weighted by Gasteiger charge is -2.34. The maximum Gasteiger partial charge on any atom is 0.246 e. The highest BCUT2D eigenvalue weighted by Gasteiger charge is 2.23. The van der Waals surface area contributed by atoms with Gasteiger partial charge in [0, 0.05) is 35.8 Å². The molecule has 1 fully saturated rings. The van der Waals surface area contributed by atoms with Crippen LogP contribution in [0.4, 0.5) is 0 Å². The molecule has 3 rings (SSSR count). The quantitative estimate of drug-likeness (QED) is 0.800. The van der Waals surface area contributed by atoms with Crippen molar-refractivity contribution in [3.8, 4) is 0 Å². The number of carbonyl (C=O) groups is 1. The molecule has 0 bridgehead atoms. The fourth-order valence-electron chi connectivity index (χ4n) is 3.23. The first-order valence-corrected chi connectivity index (χ1v) is 8.12. The van der Waals surface area contributed by atoms with Gasteiger partial charge in [-0.25, -0.2) is 0 Å². The SMILES string of the molecule is CCC1CCCCN1C(=O)/C=C/c1cccc2cccnc12. The van der Waals surface area contributed by atoms with Crippen molar-refractivity contribution in [2.75, 3.05) is 6.54 Å². The number of amides is 1. The lowest BCUT2D eigenvalue weighted by atomic mass is 10.00. The second kappa shape index (κ2) is 6.73. The third kappa shape index (κ3) is 3.03. The number of nitrogens with zero attached hydrogens (tertiary/aromatic N) is 2. The van der Waals surface area contributed by atoms with Gasteiger partial charge in [-0.15, -0.1) is 0 Å².